The molecule has 0 aromatic heterocycles. The minimum absolute atomic E-state index is 0.445. The first-order valence-corrected chi connectivity index (χ1v) is 10.1. The Hall–Kier alpha value is -3.33. The Morgan fingerprint density at radius 1 is 1.13 bits per heavy atom. The van der Waals surface area contributed by atoms with Gasteiger partial charge in [-0.2, -0.15) is 5.26 Å². The number of methoxy groups -OCH3 is 1. The van der Waals surface area contributed by atoms with E-state index in [1.165, 1.54) is 13.0 Å². The third kappa shape index (κ3) is 5.18. The van der Waals surface area contributed by atoms with E-state index in [0.29, 0.717) is 12.8 Å². The predicted molar refractivity (Wildman–Crippen MR) is 115 cm³/mol. The van der Waals surface area contributed by atoms with Crippen LogP contribution in [-0.4, -0.2) is 30.6 Å². The van der Waals surface area contributed by atoms with Gasteiger partial charge in [-0.05, 0) is 60.4 Å². The number of carbonyl (C=O) groups excluding carboxylic acids is 2. The van der Waals surface area contributed by atoms with E-state index in [4.69, 9.17) is 9.47 Å². The summed E-state index contributed by atoms with van der Waals surface area (Å²) in [6, 6.07) is 13.8. The quantitative estimate of drug-likeness (QED) is 0.575. The second-order valence-corrected chi connectivity index (χ2v) is 7.63. The van der Waals surface area contributed by atoms with Gasteiger partial charge < -0.3 is 14.8 Å². The molecule has 1 aliphatic rings. The van der Waals surface area contributed by atoms with Crippen LogP contribution in [0.4, 0.5) is 0 Å². The van der Waals surface area contributed by atoms with Gasteiger partial charge in [0.05, 0.1) is 13.2 Å². The molecule has 1 atom stereocenters. The van der Waals surface area contributed by atoms with Gasteiger partial charge in [0, 0.05) is 6.08 Å². The molecule has 1 fully saturated rings. The SMILES string of the molecule is COc1ccc2cc(/C=C/C(=O)O[C@@H](C)C(=O)NC3(C#N)CCCCC3)ccc2c1. The Morgan fingerprint density at radius 2 is 1.83 bits per heavy atom. The predicted octanol–water partition coefficient (Wildman–Crippen LogP) is 4.14. The zero-order chi connectivity index (χ0) is 21.6. The molecule has 1 amide bonds. The van der Waals surface area contributed by atoms with E-state index < -0.39 is 23.5 Å². The Kier molecular flexibility index (Phi) is 6.73. The van der Waals surface area contributed by atoms with Crippen LogP contribution in [0.1, 0.15) is 44.6 Å². The van der Waals surface area contributed by atoms with Gasteiger partial charge in [0.1, 0.15) is 11.3 Å². The molecule has 0 saturated heterocycles. The van der Waals surface area contributed by atoms with E-state index in [1.54, 1.807) is 13.2 Å². The maximum Gasteiger partial charge on any atom is 0.331 e. The van der Waals surface area contributed by atoms with Crippen LogP contribution in [-0.2, 0) is 14.3 Å². The van der Waals surface area contributed by atoms with E-state index in [-0.39, 0.29) is 0 Å². The Labute approximate surface area is 176 Å². The van der Waals surface area contributed by atoms with Gasteiger partial charge in [0.25, 0.3) is 5.91 Å². The molecular weight excluding hydrogens is 380 g/mol. The third-order valence-corrected chi connectivity index (χ3v) is 5.43. The smallest absolute Gasteiger partial charge is 0.331 e. The lowest BCUT2D eigenvalue weighted by Crippen LogP contribution is -2.52. The first-order chi connectivity index (χ1) is 14.4. The van der Waals surface area contributed by atoms with Crippen LogP contribution in [0, 0.1) is 11.3 Å². The summed E-state index contributed by atoms with van der Waals surface area (Å²) in [5.74, 6) is -0.268. The summed E-state index contributed by atoms with van der Waals surface area (Å²) in [4.78, 5) is 24.6. The average molecular weight is 406 g/mol. The summed E-state index contributed by atoms with van der Waals surface area (Å²) in [5, 5.41) is 14.3. The average Bonchev–Trinajstić information content (AvgIpc) is 2.77. The number of nitrogens with one attached hydrogen (secondary N) is 1. The lowest BCUT2D eigenvalue weighted by atomic mass is 9.83. The number of nitriles is 1. The molecule has 2 aromatic carbocycles. The van der Waals surface area contributed by atoms with Crippen molar-refractivity contribution < 1.29 is 19.1 Å². The first-order valence-electron chi connectivity index (χ1n) is 10.1. The fourth-order valence-electron chi connectivity index (χ4n) is 3.66. The van der Waals surface area contributed by atoms with Crippen LogP contribution in [0.3, 0.4) is 0 Å². The van der Waals surface area contributed by atoms with E-state index in [9.17, 15) is 14.9 Å². The number of amides is 1. The van der Waals surface area contributed by atoms with E-state index in [0.717, 1.165) is 41.3 Å². The zero-order valence-corrected chi connectivity index (χ0v) is 17.3. The van der Waals surface area contributed by atoms with E-state index >= 15 is 0 Å². The number of rotatable bonds is 6. The highest BCUT2D eigenvalue weighted by molar-refractivity contribution is 5.92. The van der Waals surface area contributed by atoms with Crippen molar-refractivity contribution in [1.82, 2.24) is 5.32 Å². The minimum atomic E-state index is -0.974. The number of esters is 1. The summed E-state index contributed by atoms with van der Waals surface area (Å²) in [6.07, 6.45) is 6.11. The Morgan fingerprint density at radius 3 is 2.53 bits per heavy atom. The van der Waals surface area contributed by atoms with Gasteiger partial charge >= 0.3 is 5.97 Å². The Balaban J connectivity index is 1.59. The van der Waals surface area contributed by atoms with Crippen molar-refractivity contribution in [3.05, 3.63) is 48.0 Å². The summed E-state index contributed by atoms with van der Waals surface area (Å²) in [5.41, 5.74) is -0.00745. The van der Waals surface area contributed by atoms with Crippen molar-refractivity contribution >= 4 is 28.7 Å². The van der Waals surface area contributed by atoms with Crippen molar-refractivity contribution in [1.29, 1.82) is 5.26 Å². The number of benzene rings is 2. The molecule has 0 heterocycles. The van der Waals surface area contributed by atoms with Gasteiger partial charge in [-0.3, -0.25) is 4.79 Å². The van der Waals surface area contributed by atoms with Crippen molar-refractivity contribution in [3.63, 3.8) is 0 Å². The van der Waals surface area contributed by atoms with Crippen molar-refractivity contribution in [3.8, 4) is 11.8 Å². The maximum atomic E-state index is 12.4. The van der Waals surface area contributed by atoms with E-state index in [2.05, 4.69) is 11.4 Å². The second-order valence-electron chi connectivity index (χ2n) is 7.63. The van der Waals surface area contributed by atoms with Crippen LogP contribution in [0.15, 0.2) is 42.5 Å². The monoisotopic (exact) mass is 406 g/mol. The Bertz CT molecular complexity index is 1000. The van der Waals surface area contributed by atoms with Gasteiger partial charge in [-0.15, -0.1) is 0 Å². The maximum absolute atomic E-state index is 12.4. The van der Waals surface area contributed by atoms with Gasteiger partial charge in [-0.1, -0.05) is 37.5 Å². The van der Waals surface area contributed by atoms with Crippen LogP contribution in [0.5, 0.6) is 5.75 Å². The highest BCUT2D eigenvalue weighted by Gasteiger charge is 2.35. The second kappa shape index (κ2) is 9.45. The van der Waals surface area contributed by atoms with Gasteiger partial charge in [0.2, 0.25) is 0 Å². The topological polar surface area (TPSA) is 88.4 Å². The molecule has 0 spiro atoms. The van der Waals surface area contributed by atoms with Crippen molar-refractivity contribution in [2.75, 3.05) is 7.11 Å². The number of hydrogen-bond donors (Lipinski definition) is 1. The lowest BCUT2D eigenvalue weighted by Gasteiger charge is -2.32. The van der Waals surface area contributed by atoms with Gasteiger partial charge in [-0.25, -0.2) is 4.79 Å². The first kappa shape index (κ1) is 21.4. The molecular formula is C24H26N2O4. The minimum Gasteiger partial charge on any atom is -0.497 e. The van der Waals surface area contributed by atoms with Crippen LogP contribution in [0.25, 0.3) is 16.8 Å². The number of ether oxygens (including phenoxy) is 2. The van der Waals surface area contributed by atoms with E-state index in [1.807, 2.05) is 36.4 Å². The molecule has 2 aromatic rings. The van der Waals surface area contributed by atoms with Crippen molar-refractivity contribution in [2.45, 2.75) is 50.7 Å². The molecule has 1 N–H and O–H groups in total. The molecule has 1 aliphatic carbocycles. The number of fused-ring (bicyclic) bond motifs is 1. The highest BCUT2D eigenvalue weighted by Crippen LogP contribution is 2.27. The summed E-state index contributed by atoms with van der Waals surface area (Å²) < 4.78 is 10.4. The molecule has 1 saturated carbocycles. The molecule has 0 radical (unpaired) electrons. The third-order valence-electron chi connectivity index (χ3n) is 5.43. The fourth-order valence-corrected chi connectivity index (χ4v) is 3.66. The zero-order valence-electron chi connectivity index (χ0n) is 17.3. The summed E-state index contributed by atoms with van der Waals surface area (Å²) in [7, 11) is 1.63. The molecule has 0 bridgehead atoms. The molecule has 3 rings (SSSR count). The molecule has 6 nitrogen and oxygen atoms in total. The number of carbonyl (C=O) groups is 2. The number of nitrogens with zero attached hydrogens (tertiary/aromatic N) is 1. The normalized spacial score (nSPS) is 16.6. The molecule has 30 heavy (non-hydrogen) atoms. The highest BCUT2D eigenvalue weighted by atomic mass is 16.5. The van der Waals surface area contributed by atoms with Crippen molar-refractivity contribution in [2.24, 2.45) is 0 Å². The van der Waals surface area contributed by atoms with Gasteiger partial charge in [0.15, 0.2) is 6.10 Å². The van der Waals surface area contributed by atoms with Crippen LogP contribution < -0.4 is 10.1 Å². The number of hydrogen-bond acceptors (Lipinski definition) is 5. The molecule has 6 heteroatoms. The summed E-state index contributed by atoms with van der Waals surface area (Å²) in [6.45, 7) is 1.51. The molecule has 156 valence electrons. The molecule has 0 unspecified atom stereocenters. The van der Waals surface area contributed by atoms with Crippen LogP contribution >= 0.6 is 0 Å². The largest absolute Gasteiger partial charge is 0.497 e. The molecule has 0 aliphatic heterocycles. The lowest BCUT2D eigenvalue weighted by molar-refractivity contribution is -0.150. The van der Waals surface area contributed by atoms with Crippen LogP contribution in [0.2, 0.25) is 0 Å². The fraction of sp³-hybridized carbons (Fsp3) is 0.375. The standard InChI is InChI=1S/C24H26N2O4/c1-17(23(28)26-24(16-25)12-4-3-5-13-24)30-22(27)11-7-18-6-8-20-15-21(29-2)10-9-19(20)14-18/h6-11,14-15,17H,3-5,12-13H2,1-2H3,(H,26,28)/b11-7+/t17-/m0/s1. The summed E-state index contributed by atoms with van der Waals surface area (Å²) >= 11 is 0.